The number of nitrogens with zero attached hydrogens (tertiary/aromatic N) is 2. The van der Waals surface area contributed by atoms with Crippen molar-refractivity contribution in [1.82, 2.24) is 10.1 Å². The van der Waals surface area contributed by atoms with Gasteiger partial charge in [0.15, 0.2) is 5.82 Å². The third-order valence-corrected chi connectivity index (χ3v) is 2.76. The molecule has 0 amide bonds. The summed E-state index contributed by atoms with van der Waals surface area (Å²) in [4.78, 5) is 4.39. The summed E-state index contributed by atoms with van der Waals surface area (Å²) in [7, 11) is 0. The summed E-state index contributed by atoms with van der Waals surface area (Å²) in [5, 5.41) is 3.99. The highest BCUT2D eigenvalue weighted by molar-refractivity contribution is 5.85. The molecule has 0 fully saturated rings. The molecule has 0 aliphatic rings. The van der Waals surface area contributed by atoms with Gasteiger partial charge in [0.25, 0.3) is 0 Å². The Morgan fingerprint density at radius 1 is 1.21 bits per heavy atom. The van der Waals surface area contributed by atoms with Crippen LogP contribution >= 0.6 is 12.4 Å². The molecule has 0 bridgehead atoms. The summed E-state index contributed by atoms with van der Waals surface area (Å²) in [6.07, 6.45) is 0.563. The van der Waals surface area contributed by atoms with Crippen molar-refractivity contribution in [3.05, 3.63) is 47.6 Å². The second-order valence-corrected chi connectivity index (χ2v) is 5.48. The van der Waals surface area contributed by atoms with Gasteiger partial charge < -0.3 is 10.3 Å². The monoisotopic (exact) mass is 281 g/mol. The molecule has 1 aromatic heterocycles. The van der Waals surface area contributed by atoms with Crippen molar-refractivity contribution < 1.29 is 4.52 Å². The molecule has 1 heterocycles. The first-order chi connectivity index (χ1) is 8.47. The van der Waals surface area contributed by atoms with E-state index in [1.165, 1.54) is 0 Å². The topological polar surface area (TPSA) is 64.9 Å². The minimum absolute atomic E-state index is 0. The van der Waals surface area contributed by atoms with Gasteiger partial charge in [-0.05, 0) is 5.56 Å². The van der Waals surface area contributed by atoms with Crippen molar-refractivity contribution in [2.24, 2.45) is 5.73 Å². The van der Waals surface area contributed by atoms with Gasteiger partial charge in [-0.15, -0.1) is 12.4 Å². The van der Waals surface area contributed by atoms with Gasteiger partial charge >= 0.3 is 0 Å². The SMILES string of the molecule is CC(C)(C)c1noc(CC(N)c2ccccc2)n1.Cl. The Balaban J connectivity index is 0.00000180. The molecule has 0 aliphatic heterocycles. The highest BCUT2D eigenvalue weighted by Crippen LogP contribution is 2.20. The third-order valence-electron chi connectivity index (χ3n) is 2.76. The molecular weight excluding hydrogens is 262 g/mol. The zero-order valence-corrected chi connectivity index (χ0v) is 12.3. The number of aromatic nitrogens is 2. The van der Waals surface area contributed by atoms with Crippen LogP contribution in [0.1, 0.15) is 44.1 Å². The Hall–Kier alpha value is -1.39. The van der Waals surface area contributed by atoms with E-state index in [1.807, 2.05) is 30.3 Å². The molecule has 1 aromatic carbocycles. The van der Waals surface area contributed by atoms with Crippen LogP contribution in [0, 0.1) is 0 Å². The van der Waals surface area contributed by atoms with Crippen LogP contribution in [-0.4, -0.2) is 10.1 Å². The molecule has 2 aromatic rings. The summed E-state index contributed by atoms with van der Waals surface area (Å²) in [6.45, 7) is 6.16. The summed E-state index contributed by atoms with van der Waals surface area (Å²) in [5.41, 5.74) is 7.10. The Morgan fingerprint density at radius 3 is 2.37 bits per heavy atom. The lowest BCUT2D eigenvalue weighted by Crippen LogP contribution is -2.15. The van der Waals surface area contributed by atoms with E-state index in [4.69, 9.17) is 10.3 Å². The van der Waals surface area contributed by atoms with E-state index in [0.717, 1.165) is 11.4 Å². The van der Waals surface area contributed by atoms with Crippen LogP contribution < -0.4 is 5.73 Å². The van der Waals surface area contributed by atoms with Crippen LogP contribution in [0.2, 0.25) is 0 Å². The molecule has 0 saturated carbocycles. The van der Waals surface area contributed by atoms with E-state index < -0.39 is 0 Å². The molecular formula is C14H20ClN3O. The minimum atomic E-state index is -0.112. The maximum Gasteiger partial charge on any atom is 0.228 e. The molecule has 1 atom stereocenters. The molecule has 104 valence electrons. The van der Waals surface area contributed by atoms with Gasteiger partial charge in [-0.1, -0.05) is 56.3 Å². The fourth-order valence-electron chi connectivity index (χ4n) is 1.65. The number of halogens is 1. The first-order valence-corrected chi connectivity index (χ1v) is 6.10. The predicted molar refractivity (Wildman–Crippen MR) is 77.3 cm³/mol. The van der Waals surface area contributed by atoms with E-state index in [-0.39, 0.29) is 23.9 Å². The molecule has 0 saturated heterocycles. The van der Waals surface area contributed by atoms with Crippen molar-refractivity contribution in [3.63, 3.8) is 0 Å². The molecule has 0 radical (unpaired) electrons. The standard InChI is InChI=1S/C14H19N3O.ClH/c1-14(2,3)13-16-12(18-17-13)9-11(15)10-7-5-4-6-8-10;/h4-8,11H,9,15H2,1-3H3;1H. The first kappa shape index (κ1) is 15.7. The Morgan fingerprint density at radius 2 is 1.84 bits per heavy atom. The van der Waals surface area contributed by atoms with Crippen LogP contribution in [0.5, 0.6) is 0 Å². The molecule has 5 heteroatoms. The van der Waals surface area contributed by atoms with Crippen molar-refractivity contribution in [2.75, 3.05) is 0 Å². The molecule has 19 heavy (non-hydrogen) atoms. The van der Waals surface area contributed by atoms with Gasteiger partial charge in [0, 0.05) is 17.9 Å². The predicted octanol–water partition coefficient (Wildman–Crippen LogP) is 3.03. The van der Waals surface area contributed by atoms with Crippen molar-refractivity contribution in [3.8, 4) is 0 Å². The maximum atomic E-state index is 6.12. The number of rotatable bonds is 3. The van der Waals surface area contributed by atoms with E-state index in [9.17, 15) is 0 Å². The van der Waals surface area contributed by atoms with E-state index in [1.54, 1.807) is 0 Å². The van der Waals surface area contributed by atoms with Gasteiger partial charge in [-0.3, -0.25) is 0 Å². The number of hydrogen-bond donors (Lipinski definition) is 1. The van der Waals surface area contributed by atoms with Gasteiger partial charge in [0.2, 0.25) is 5.89 Å². The Kier molecular flexibility index (Phi) is 5.09. The summed E-state index contributed by atoms with van der Waals surface area (Å²) in [5.74, 6) is 1.31. The van der Waals surface area contributed by atoms with Gasteiger partial charge in [-0.2, -0.15) is 4.98 Å². The van der Waals surface area contributed by atoms with Crippen molar-refractivity contribution in [1.29, 1.82) is 0 Å². The smallest absolute Gasteiger partial charge is 0.228 e. The Labute approximate surface area is 119 Å². The Bertz CT molecular complexity index is 505. The normalized spacial score (nSPS) is 12.8. The summed E-state index contributed by atoms with van der Waals surface area (Å²) in [6, 6.07) is 9.82. The number of nitrogens with two attached hydrogens (primary N) is 1. The van der Waals surface area contributed by atoms with Gasteiger partial charge in [-0.25, -0.2) is 0 Å². The van der Waals surface area contributed by atoms with Crippen LogP contribution in [0.4, 0.5) is 0 Å². The lowest BCUT2D eigenvalue weighted by Gasteiger charge is -2.11. The molecule has 4 nitrogen and oxygen atoms in total. The van der Waals surface area contributed by atoms with Crippen LogP contribution in [-0.2, 0) is 11.8 Å². The van der Waals surface area contributed by atoms with Crippen LogP contribution in [0.25, 0.3) is 0 Å². The van der Waals surface area contributed by atoms with Gasteiger partial charge in [0.1, 0.15) is 0 Å². The molecule has 1 unspecified atom stereocenters. The van der Waals surface area contributed by atoms with E-state index in [2.05, 4.69) is 30.9 Å². The second kappa shape index (κ2) is 6.17. The van der Waals surface area contributed by atoms with Crippen molar-refractivity contribution >= 4 is 12.4 Å². The molecule has 0 spiro atoms. The maximum absolute atomic E-state index is 6.12. The zero-order chi connectivity index (χ0) is 13.2. The van der Waals surface area contributed by atoms with Crippen LogP contribution in [0.15, 0.2) is 34.9 Å². The minimum Gasteiger partial charge on any atom is -0.339 e. The lowest BCUT2D eigenvalue weighted by molar-refractivity contribution is 0.356. The van der Waals surface area contributed by atoms with E-state index in [0.29, 0.717) is 12.3 Å². The van der Waals surface area contributed by atoms with Gasteiger partial charge in [0.05, 0.1) is 0 Å². The average molecular weight is 282 g/mol. The summed E-state index contributed by atoms with van der Waals surface area (Å²) >= 11 is 0. The largest absolute Gasteiger partial charge is 0.339 e. The third kappa shape index (κ3) is 4.04. The number of hydrogen-bond acceptors (Lipinski definition) is 4. The van der Waals surface area contributed by atoms with Crippen LogP contribution in [0.3, 0.4) is 0 Å². The fraction of sp³-hybridized carbons (Fsp3) is 0.429. The quantitative estimate of drug-likeness (QED) is 0.939. The highest BCUT2D eigenvalue weighted by atomic mass is 35.5. The van der Waals surface area contributed by atoms with Crippen molar-refractivity contribution in [2.45, 2.75) is 38.6 Å². The van der Waals surface area contributed by atoms with E-state index >= 15 is 0 Å². The highest BCUT2D eigenvalue weighted by Gasteiger charge is 2.21. The molecule has 2 rings (SSSR count). The number of benzene rings is 1. The molecule has 0 aliphatic carbocycles. The fourth-order valence-corrected chi connectivity index (χ4v) is 1.65. The molecule has 2 N–H and O–H groups in total. The summed E-state index contributed by atoms with van der Waals surface area (Å²) < 4.78 is 5.24. The first-order valence-electron chi connectivity index (χ1n) is 6.10. The lowest BCUT2D eigenvalue weighted by atomic mass is 9.96. The average Bonchev–Trinajstić information content (AvgIpc) is 2.78. The second-order valence-electron chi connectivity index (χ2n) is 5.48. The zero-order valence-electron chi connectivity index (χ0n) is 11.5.